The maximum Gasteiger partial charge on any atom is 0.344 e. The number of benzene rings is 1. The summed E-state index contributed by atoms with van der Waals surface area (Å²) in [4.78, 5) is 10.7. The van der Waals surface area contributed by atoms with Crippen LogP contribution in [0, 0.1) is 11.3 Å². The molecule has 88 valence electrons. The molecule has 1 aromatic rings. The zero-order valence-electron chi connectivity index (χ0n) is 9.05. The molecule has 1 N–H and O–H groups in total. The monoisotopic (exact) mass is 295 g/mol. The molecule has 0 saturated heterocycles. The highest BCUT2D eigenvalue weighted by Gasteiger charge is 2.14. The van der Waals surface area contributed by atoms with Crippen LogP contribution in [0.5, 0.6) is 5.75 Å². The van der Waals surface area contributed by atoms with E-state index in [0.717, 1.165) is 4.47 Å². The lowest BCUT2D eigenvalue weighted by Crippen LogP contribution is -2.23. The smallest absolute Gasteiger partial charge is 0.344 e. The van der Waals surface area contributed by atoms with Crippen LogP contribution >= 0.6 is 15.9 Å². The quantitative estimate of drug-likeness (QED) is 0.867. The minimum atomic E-state index is -1.04. The maximum absolute atomic E-state index is 10.7. The van der Waals surface area contributed by atoms with E-state index in [-0.39, 0.29) is 0 Å². The van der Waals surface area contributed by atoms with Crippen LogP contribution in [0.1, 0.15) is 12.5 Å². The molecule has 0 unspecified atom stereocenters. The predicted molar refractivity (Wildman–Crippen MR) is 66.5 cm³/mol. The molecule has 0 aliphatic carbocycles. The largest absolute Gasteiger partial charge is 0.479 e. The second kappa shape index (κ2) is 6.06. The Morgan fingerprint density at radius 3 is 2.94 bits per heavy atom. The SMILES string of the molecule is C[C@H](Oc1ccc(Br)cc1/C=C/C#N)C(=O)O. The number of halogens is 1. The zero-order chi connectivity index (χ0) is 12.8. The molecule has 0 fully saturated rings. The van der Waals surface area contributed by atoms with Crippen LogP contribution in [0.2, 0.25) is 0 Å². The summed E-state index contributed by atoms with van der Waals surface area (Å²) in [5.41, 5.74) is 0.647. The van der Waals surface area contributed by atoms with Crippen LogP contribution < -0.4 is 4.74 Å². The number of nitriles is 1. The summed E-state index contributed by atoms with van der Waals surface area (Å²) in [6.07, 6.45) is 1.93. The van der Waals surface area contributed by atoms with Crippen molar-refractivity contribution < 1.29 is 14.6 Å². The Labute approximate surface area is 107 Å². The third-order valence-electron chi connectivity index (χ3n) is 1.96. The van der Waals surface area contributed by atoms with Crippen molar-refractivity contribution in [1.82, 2.24) is 0 Å². The minimum absolute atomic E-state index is 0.426. The molecule has 0 heterocycles. The molecule has 0 spiro atoms. The number of aliphatic carboxylic acids is 1. The van der Waals surface area contributed by atoms with Gasteiger partial charge >= 0.3 is 5.97 Å². The first kappa shape index (κ1) is 13.3. The number of rotatable bonds is 4. The lowest BCUT2D eigenvalue weighted by molar-refractivity contribution is -0.144. The van der Waals surface area contributed by atoms with Gasteiger partial charge in [0.2, 0.25) is 0 Å². The normalized spacial score (nSPS) is 12.1. The van der Waals surface area contributed by atoms with Crippen molar-refractivity contribution in [1.29, 1.82) is 5.26 Å². The first-order valence-electron chi connectivity index (χ1n) is 4.79. The van der Waals surface area contributed by atoms with Gasteiger partial charge in [0.15, 0.2) is 6.10 Å². The van der Waals surface area contributed by atoms with Gasteiger partial charge in [0.1, 0.15) is 5.75 Å². The molecule has 1 rings (SSSR count). The van der Waals surface area contributed by atoms with Crippen molar-refractivity contribution in [2.45, 2.75) is 13.0 Å². The molecular formula is C12H10BrNO3. The van der Waals surface area contributed by atoms with Crippen LogP contribution in [-0.2, 0) is 4.79 Å². The Morgan fingerprint density at radius 2 is 2.35 bits per heavy atom. The maximum atomic E-state index is 10.7. The van der Waals surface area contributed by atoms with Crippen molar-refractivity contribution in [2.24, 2.45) is 0 Å². The van der Waals surface area contributed by atoms with Crippen molar-refractivity contribution >= 4 is 28.0 Å². The molecule has 0 amide bonds. The zero-order valence-corrected chi connectivity index (χ0v) is 10.6. The number of hydrogen-bond acceptors (Lipinski definition) is 3. The number of carboxylic acids is 1. The summed E-state index contributed by atoms with van der Waals surface area (Å²) < 4.78 is 6.10. The van der Waals surface area contributed by atoms with Crippen LogP contribution in [0.25, 0.3) is 6.08 Å². The molecular weight excluding hydrogens is 286 g/mol. The van der Waals surface area contributed by atoms with Gasteiger partial charge < -0.3 is 9.84 Å². The molecule has 0 radical (unpaired) electrons. The van der Waals surface area contributed by atoms with Crippen molar-refractivity contribution in [3.05, 3.63) is 34.3 Å². The van der Waals surface area contributed by atoms with Gasteiger partial charge in [-0.3, -0.25) is 0 Å². The highest BCUT2D eigenvalue weighted by molar-refractivity contribution is 9.10. The first-order valence-corrected chi connectivity index (χ1v) is 5.59. The van der Waals surface area contributed by atoms with Crippen LogP contribution in [0.4, 0.5) is 0 Å². The summed E-state index contributed by atoms with van der Waals surface area (Å²) in [5, 5.41) is 17.2. The number of ether oxygens (including phenoxy) is 1. The van der Waals surface area contributed by atoms with E-state index in [4.69, 9.17) is 15.1 Å². The Hall–Kier alpha value is -1.80. The highest BCUT2D eigenvalue weighted by atomic mass is 79.9. The molecule has 0 bridgehead atoms. The average molecular weight is 296 g/mol. The molecule has 0 aromatic heterocycles. The third kappa shape index (κ3) is 3.93. The van der Waals surface area contributed by atoms with Crippen molar-refractivity contribution in [3.8, 4) is 11.8 Å². The standard InChI is InChI=1S/C12H10BrNO3/c1-8(12(15)16)17-11-5-4-10(13)7-9(11)3-2-6-14/h2-5,7-8H,1H3,(H,15,16)/b3-2+/t8-/m0/s1. The van der Waals surface area contributed by atoms with Crippen LogP contribution in [0.3, 0.4) is 0 Å². The average Bonchev–Trinajstić information content (AvgIpc) is 2.29. The van der Waals surface area contributed by atoms with E-state index >= 15 is 0 Å². The second-order valence-electron chi connectivity index (χ2n) is 3.24. The number of nitrogens with zero attached hydrogens (tertiary/aromatic N) is 1. The molecule has 17 heavy (non-hydrogen) atoms. The van der Waals surface area contributed by atoms with E-state index in [1.807, 2.05) is 6.07 Å². The van der Waals surface area contributed by atoms with Gasteiger partial charge in [-0.1, -0.05) is 15.9 Å². The van der Waals surface area contributed by atoms with Gasteiger partial charge in [0.25, 0.3) is 0 Å². The number of carboxylic acid groups (broad SMARTS) is 1. The van der Waals surface area contributed by atoms with E-state index in [1.165, 1.54) is 13.0 Å². The fraction of sp³-hybridized carbons (Fsp3) is 0.167. The summed E-state index contributed by atoms with van der Waals surface area (Å²) >= 11 is 3.29. The number of allylic oxidation sites excluding steroid dienone is 1. The summed E-state index contributed by atoms with van der Waals surface area (Å²) in [5.74, 6) is -0.613. The number of carbonyl (C=O) groups is 1. The summed E-state index contributed by atoms with van der Waals surface area (Å²) in [6, 6.07) is 7.02. The molecule has 4 nitrogen and oxygen atoms in total. The summed E-state index contributed by atoms with van der Waals surface area (Å²) in [6.45, 7) is 1.45. The molecule has 0 aliphatic rings. The lowest BCUT2D eigenvalue weighted by atomic mass is 10.2. The van der Waals surface area contributed by atoms with E-state index in [1.54, 1.807) is 24.3 Å². The lowest BCUT2D eigenvalue weighted by Gasteiger charge is -2.12. The fourth-order valence-corrected chi connectivity index (χ4v) is 1.50. The van der Waals surface area contributed by atoms with E-state index in [0.29, 0.717) is 11.3 Å². The van der Waals surface area contributed by atoms with Crippen LogP contribution in [0.15, 0.2) is 28.7 Å². The fourth-order valence-electron chi connectivity index (χ4n) is 1.12. The van der Waals surface area contributed by atoms with Gasteiger partial charge in [0.05, 0.1) is 6.07 Å². The van der Waals surface area contributed by atoms with Gasteiger partial charge in [-0.05, 0) is 31.2 Å². The van der Waals surface area contributed by atoms with Gasteiger partial charge in [-0.25, -0.2) is 4.79 Å². The molecule has 0 saturated carbocycles. The van der Waals surface area contributed by atoms with Gasteiger partial charge in [-0.2, -0.15) is 5.26 Å². The number of hydrogen-bond donors (Lipinski definition) is 1. The summed E-state index contributed by atoms with van der Waals surface area (Å²) in [7, 11) is 0. The molecule has 1 atom stereocenters. The van der Waals surface area contributed by atoms with Gasteiger partial charge in [-0.15, -0.1) is 0 Å². The van der Waals surface area contributed by atoms with E-state index < -0.39 is 12.1 Å². The van der Waals surface area contributed by atoms with Crippen LogP contribution in [-0.4, -0.2) is 17.2 Å². The molecule has 1 aromatic carbocycles. The van der Waals surface area contributed by atoms with Crippen molar-refractivity contribution in [3.63, 3.8) is 0 Å². The minimum Gasteiger partial charge on any atom is -0.479 e. The van der Waals surface area contributed by atoms with Gasteiger partial charge in [0, 0.05) is 16.1 Å². The van der Waals surface area contributed by atoms with E-state index in [9.17, 15) is 4.79 Å². The van der Waals surface area contributed by atoms with Crippen molar-refractivity contribution in [2.75, 3.05) is 0 Å². The topological polar surface area (TPSA) is 70.3 Å². The highest BCUT2D eigenvalue weighted by Crippen LogP contribution is 2.25. The molecule has 5 heteroatoms. The Bertz CT molecular complexity index is 491. The Kier molecular flexibility index (Phi) is 4.73. The molecule has 0 aliphatic heterocycles. The van der Waals surface area contributed by atoms with E-state index in [2.05, 4.69) is 15.9 Å². The Balaban J connectivity index is 3.02. The Morgan fingerprint density at radius 1 is 1.65 bits per heavy atom. The third-order valence-corrected chi connectivity index (χ3v) is 2.45. The first-order chi connectivity index (χ1) is 8.04. The predicted octanol–water partition coefficient (Wildman–Crippen LogP) is 2.84. The second-order valence-corrected chi connectivity index (χ2v) is 4.16.